The first-order valence-electron chi connectivity index (χ1n) is 14.1. The first kappa shape index (κ1) is 37.0. The first-order valence-corrected chi connectivity index (χ1v) is 14.1. The van der Waals surface area contributed by atoms with Gasteiger partial charge < -0.3 is 105 Å². The van der Waals surface area contributed by atoms with Gasteiger partial charge in [-0.2, -0.15) is 0 Å². The molecule has 20 atom stereocenters. The number of ether oxygens (including phenoxy) is 7. The van der Waals surface area contributed by atoms with E-state index < -0.39 is 149 Å². The lowest BCUT2D eigenvalue weighted by atomic mass is 9.98. The third-order valence-electron chi connectivity index (χ3n) is 8.15. The average molecular weight is 667 g/mol. The van der Waals surface area contributed by atoms with Crippen molar-refractivity contribution in [3.8, 4) is 0 Å². The number of hydrogen-bond donors (Lipinski definition) is 14. The van der Waals surface area contributed by atoms with Gasteiger partial charge in [-0.3, -0.25) is 0 Å². The van der Waals surface area contributed by atoms with E-state index in [1.54, 1.807) is 0 Å². The molecule has 4 aliphatic heterocycles. The molecule has 0 aromatic heterocycles. The summed E-state index contributed by atoms with van der Waals surface area (Å²) in [5.41, 5.74) is 0. The van der Waals surface area contributed by atoms with Crippen LogP contribution in [0.4, 0.5) is 0 Å². The van der Waals surface area contributed by atoms with Crippen LogP contribution in [0.25, 0.3) is 0 Å². The zero-order chi connectivity index (χ0) is 33.3. The first-order chi connectivity index (χ1) is 21.2. The summed E-state index contributed by atoms with van der Waals surface area (Å²) in [6.07, 6.45) is -34.1. The Hall–Kier alpha value is -0.840. The van der Waals surface area contributed by atoms with Crippen LogP contribution < -0.4 is 0 Å². The molecule has 264 valence electrons. The fourth-order valence-electron chi connectivity index (χ4n) is 5.23. The Labute approximate surface area is 254 Å². The molecule has 4 aliphatic rings. The minimum absolute atomic E-state index is 0.633. The highest BCUT2D eigenvalue weighted by atomic mass is 16.7. The third-order valence-corrected chi connectivity index (χ3v) is 8.15. The van der Waals surface area contributed by atoms with Crippen molar-refractivity contribution in [2.75, 3.05) is 26.4 Å². The van der Waals surface area contributed by atoms with E-state index in [4.69, 9.17) is 33.2 Å². The topological polar surface area (TPSA) is 348 Å². The highest BCUT2D eigenvalue weighted by molar-refractivity contribution is 4.94. The monoisotopic (exact) mass is 666 g/mol. The number of aliphatic hydroxyl groups is 14. The van der Waals surface area contributed by atoms with Crippen LogP contribution in [0.5, 0.6) is 0 Å². The van der Waals surface area contributed by atoms with Crippen LogP contribution >= 0.6 is 0 Å². The molecular weight excluding hydrogens is 624 g/mol. The van der Waals surface area contributed by atoms with Crippen LogP contribution in [0.3, 0.4) is 0 Å². The van der Waals surface area contributed by atoms with E-state index in [0.717, 1.165) is 0 Å². The Kier molecular flexibility index (Phi) is 12.8. The lowest BCUT2D eigenvalue weighted by Crippen LogP contribution is -2.63. The van der Waals surface area contributed by atoms with Gasteiger partial charge in [0.05, 0.1) is 26.4 Å². The SMILES string of the molecule is OC[C@H]1O[C@@H](OC[C@H]2O[C@H](OC[C@H]3O[C@H](OC[C@H]4O[C@@H](O)[C@H](O)[C@@H](O)[C@@H]4O)[C@H](O)[C@@H](O)[C@H]3O)[C@H](O)[C@@H](O)[C@H]2O)[C@H](O)[C@@H](O)[C@H]1O. The normalized spacial score (nSPS) is 52.9. The zero-order valence-corrected chi connectivity index (χ0v) is 23.5. The zero-order valence-electron chi connectivity index (χ0n) is 23.5. The highest BCUT2D eigenvalue weighted by Gasteiger charge is 2.50. The van der Waals surface area contributed by atoms with Crippen molar-refractivity contribution in [2.24, 2.45) is 0 Å². The van der Waals surface area contributed by atoms with Crippen molar-refractivity contribution in [2.45, 2.75) is 123 Å². The van der Waals surface area contributed by atoms with E-state index in [1.165, 1.54) is 0 Å². The Morgan fingerprint density at radius 3 is 0.978 bits per heavy atom. The highest BCUT2D eigenvalue weighted by Crippen LogP contribution is 2.29. The Bertz CT molecular complexity index is 916. The van der Waals surface area contributed by atoms with Gasteiger partial charge in [0.25, 0.3) is 0 Å². The maximum Gasteiger partial charge on any atom is 0.186 e. The largest absolute Gasteiger partial charge is 0.394 e. The Balaban J connectivity index is 1.33. The lowest BCUT2D eigenvalue weighted by Gasteiger charge is -2.44. The van der Waals surface area contributed by atoms with Gasteiger partial charge in [-0.1, -0.05) is 0 Å². The molecule has 0 aromatic carbocycles. The Morgan fingerprint density at radius 2 is 0.622 bits per heavy atom. The van der Waals surface area contributed by atoms with E-state index in [-0.39, 0.29) is 0 Å². The third kappa shape index (κ3) is 7.91. The molecule has 21 nitrogen and oxygen atoms in total. The van der Waals surface area contributed by atoms with Crippen LogP contribution in [0.2, 0.25) is 0 Å². The van der Waals surface area contributed by atoms with Crippen molar-refractivity contribution in [1.29, 1.82) is 0 Å². The summed E-state index contributed by atoms with van der Waals surface area (Å²) in [5.74, 6) is 0. The lowest BCUT2D eigenvalue weighted by molar-refractivity contribution is -0.346. The van der Waals surface area contributed by atoms with Gasteiger partial charge in [0.1, 0.15) is 97.7 Å². The quantitative estimate of drug-likeness (QED) is 0.103. The summed E-state index contributed by atoms with van der Waals surface area (Å²) in [4.78, 5) is 0. The predicted octanol–water partition coefficient (Wildman–Crippen LogP) is -9.75. The molecule has 0 aromatic rings. The molecule has 0 amide bonds. The molecular formula is C24H42O21. The molecule has 45 heavy (non-hydrogen) atoms. The summed E-state index contributed by atoms with van der Waals surface area (Å²) in [7, 11) is 0. The summed E-state index contributed by atoms with van der Waals surface area (Å²) >= 11 is 0. The maximum absolute atomic E-state index is 10.4. The molecule has 14 N–H and O–H groups in total. The Morgan fingerprint density at radius 1 is 0.333 bits per heavy atom. The summed E-state index contributed by atoms with van der Waals surface area (Å²) in [5, 5.41) is 141. The molecule has 0 bridgehead atoms. The van der Waals surface area contributed by atoms with Gasteiger partial charge in [0, 0.05) is 0 Å². The predicted molar refractivity (Wildman–Crippen MR) is 134 cm³/mol. The van der Waals surface area contributed by atoms with E-state index >= 15 is 0 Å². The van der Waals surface area contributed by atoms with Gasteiger partial charge in [-0.25, -0.2) is 0 Å². The van der Waals surface area contributed by atoms with Gasteiger partial charge >= 0.3 is 0 Å². The fraction of sp³-hybridized carbons (Fsp3) is 1.00. The minimum Gasteiger partial charge on any atom is -0.394 e. The van der Waals surface area contributed by atoms with Crippen molar-refractivity contribution in [3.63, 3.8) is 0 Å². The second kappa shape index (κ2) is 15.6. The van der Waals surface area contributed by atoms with Gasteiger partial charge in [-0.15, -0.1) is 0 Å². The van der Waals surface area contributed by atoms with Crippen molar-refractivity contribution >= 4 is 0 Å². The van der Waals surface area contributed by atoms with Crippen LogP contribution in [0, 0.1) is 0 Å². The number of aliphatic hydroxyl groups excluding tert-OH is 14. The number of hydrogen-bond acceptors (Lipinski definition) is 21. The van der Waals surface area contributed by atoms with Crippen LogP contribution in [-0.2, 0) is 33.2 Å². The van der Waals surface area contributed by atoms with Crippen LogP contribution in [-0.4, -0.2) is 221 Å². The standard InChI is InChI=1S/C24H42O21/c25-1-5-9(26)14(31)18(35)22(43-5)40-3-7-11(28)16(33)20(37)24(45-7)41-4-8-12(29)15(32)19(36)23(44-8)39-2-6-10(27)13(30)17(34)21(38)42-6/h5-38H,1-4H2/t5-,6-,7-,8-,9+,10-,11+,12+,13+,14+,15+,16+,17-,18-,19-,20-,21-,22-,23+,24+/m1/s1. The van der Waals surface area contributed by atoms with Crippen LogP contribution in [0.15, 0.2) is 0 Å². The van der Waals surface area contributed by atoms with Gasteiger partial charge in [0.15, 0.2) is 25.2 Å². The molecule has 21 heteroatoms. The van der Waals surface area contributed by atoms with E-state index in [1.807, 2.05) is 0 Å². The molecule has 4 rings (SSSR count). The smallest absolute Gasteiger partial charge is 0.186 e. The maximum atomic E-state index is 10.4. The molecule has 0 aliphatic carbocycles. The fourth-order valence-corrected chi connectivity index (χ4v) is 5.23. The molecule has 4 fully saturated rings. The second-order valence-corrected chi connectivity index (χ2v) is 11.3. The summed E-state index contributed by atoms with van der Waals surface area (Å²) in [6, 6.07) is 0. The second-order valence-electron chi connectivity index (χ2n) is 11.3. The molecule has 0 radical (unpaired) electrons. The van der Waals surface area contributed by atoms with E-state index in [2.05, 4.69) is 0 Å². The molecule has 0 saturated carbocycles. The molecule has 0 spiro atoms. The number of rotatable bonds is 10. The molecule has 0 unspecified atom stereocenters. The molecule has 4 saturated heterocycles. The molecule has 4 heterocycles. The van der Waals surface area contributed by atoms with E-state index in [9.17, 15) is 71.5 Å². The van der Waals surface area contributed by atoms with Gasteiger partial charge in [-0.05, 0) is 0 Å². The summed E-state index contributed by atoms with van der Waals surface area (Å²) in [6.45, 7) is -2.67. The van der Waals surface area contributed by atoms with Crippen LogP contribution in [0.1, 0.15) is 0 Å². The van der Waals surface area contributed by atoms with Crippen molar-refractivity contribution < 1.29 is 105 Å². The van der Waals surface area contributed by atoms with Crippen molar-refractivity contribution in [1.82, 2.24) is 0 Å². The average Bonchev–Trinajstić information content (AvgIpc) is 3.02. The van der Waals surface area contributed by atoms with Crippen molar-refractivity contribution in [3.05, 3.63) is 0 Å². The summed E-state index contributed by atoms with van der Waals surface area (Å²) < 4.78 is 37.2. The minimum atomic E-state index is -1.88. The van der Waals surface area contributed by atoms with Gasteiger partial charge in [0.2, 0.25) is 0 Å². The van der Waals surface area contributed by atoms with E-state index in [0.29, 0.717) is 0 Å².